The van der Waals surface area contributed by atoms with E-state index in [1.54, 1.807) is 6.92 Å². The fraction of sp³-hybridized carbons (Fsp3) is 0.455. The van der Waals surface area contributed by atoms with E-state index in [0.29, 0.717) is 12.0 Å². The van der Waals surface area contributed by atoms with Crippen molar-refractivity contribution in [2.45, 2.75) is 32.1 Å². The van der Waals surface area contributed by atoms with Crippen LogP contribution in [0.4, 0.5) is 8.78 Å². The number of alkyl halides is 1. The molecule has 0 heterocycles. The van der Waals surface area contributed by atoms with Gasteiger partial charge in [0.2, 0.25) is 0 Å². The first-order valence-electron chi connectivity index (χ1n) is 4.65. The van der Waals surface area contributed by atoms with Crippen LogP contribution in [0.2, 0.25) is 0 Å². The Morgan fingerprint density at radius 3 is 2.21 bits per heavy atom. The zero-order valence-electron chi connectivity index (χ0n) is 8.28. The average molecular weight is 219 g/mol. The average Bonchev–Trinajstić information content (AvgIpc) is 2.01. The Kier molecular flexibility index (Phi) is 3.87. The first kappa shape index (κ1) is 11.4. The third-order valence-corrected chi connectivity index (χ3v) is 2.52. The Hall–Kier alpha value is -0.630. The number of hydrogen-bond acceptors (Lipinski definition) is 0. The van der Waals surface area contributed by atoms with Gasteiger partial charge in [-0.2, -0.15) is 0 Å². The summed E-state index contributed by atoms with van der Waals surface area (Å²) in [4.78, 5) is 0. The lowest BCUT2D eigenvalue weighted by Gasteiger charge is -2.11. The summed E-state index contributed by atoms with van der Waals surface area (Å²) in [5.41, 5.74) is 0.572. The minimum Gasteiger partial charge on any atom is -0.207 e. The summed E-state index contributed by atoms with van der Waals surface area (Å²) in [5, 5.41) is -0.569. The topological polar surface area (TPSA) is 0 Å². The molecular weight excluding hydrogens is 206 g/mol. The molecule has 1 unspecified atom stereocenters. The van der Waals surface area contributed by atoms with Crippen molar-refractivity contribution in [3.63, 3.8) is 0 Å². The molecule has 78 valence electrons. The molecule has 14 heavy (non-hydrogen) atoms. The molecule has 0 bridgehead atoms. The van der Waals surface area contributed by atoms with Crippen LogP contribution in [0.15, 0.2) is 12.1 Å². The SMILES string of the molecule is CCCC(Cl)c1c(F)cc(C)cc1F. The van der Waals surface area contributed by atoms with Gasteiger partial charge >= 0.3 is 0 Å². The van der Waals surface area contributed by atoms with E-state index in [4.69, 9.17) is 11.6 Å². The summed E-state index contributed by atoms with van der Waals surface area (Å²) in [6, 6.07) is 2.62. The molecule has 0 saturated heterocycles. The van der Waals surface area contributed by atoms with Crippen molar-refractivity contribution in [1.29, 1.82) is 0 Å². The second-order valence-corrected chi connectivity index (χ2v) is 3.93. The van der Waals surface area contributed by atoms with Gasteiger partial charge in [-0.3, -0.25) is 0 Å². The lowest BCUT2D eigenvalue weighted by Crippen LogP contribution is -2.00. The molecule has 0 N–H and O–H groups in total. The predicted molar refractivity (Wildman–Crippen MR) is 54.6 cm³/mol. The molecule has 3 heteroatoms. The Morgan fingerprint density at radius 1 is 1.29 bits per heavy atom. The fourth-order valence-electron chi connectivity index (χ4n) is 1.41. The summed E-state index contributed by atoms with van der Waals surface area (Å²) in [5.74, 6) is -1.09. The van der Waals surface area contributed by atoms with Crippen LogP contribution in [0.3, 0.4) is 0 Å². The van der Waals surface area contributed by atoms with Crippen molar-refractivity contribution in [3.8, 4) is 0 Å². The molecular formula is C11H13ClF2. The van der Waals surface area contributed by atoms with E-state index >= 15 is 0 Å². The van der Waals surface area contributed by atoms with Crippen molar-refractivity contribution in [2.75, 3.05) is 0 Å². The van der Waals surface area contributed by atoms with E-state index in [2.05, 4.69) is 0 Å². The maximum absolute atomic E-state index is 13.4. The molecule has 0 aliphatic rings. The van der Waals surface area contributed by atoms with Gasteiger partial charge in [0, 0.05) is 5.56 Å². The molecule has 1 aromatic rings. The highest BCUT2D eigenvalue weighted by molar-refractivity contribution is 6.20. The Balaban J connectivity index is 3.07. The first-order valence-corrected chi connectivity index (χ1v) is 5.09. The van der Waals surface area contributed by atoms with Crippen LogP contribution < -0.4 is 0 Å². The predicted octanol–water partition coefficient (Wildman–Crippen LogP) is 4.35. The third-order valence-electron chi connectivity index (χ3n) is 2.08. The summed E-state index contributed by atoms with van der Waals surface area (Å²) in [6.07, 6.45) is 1.39. The molecule has 0 aliphatic heterocycles. The van der Waals surface area contributed by atoms with E-state index in [1.165, 1.54) is 12.1 Å². The second kappa shape index (κ2) is 4.74. The fourth-order valence-corrected chi connectivity index (χ4v) is 1.83. The van der Waals surface area contributed by atoms with Crippen LogP contribution in [0.5, 0.6) is 0 Å². The molecule has 0 aliphatic carbocycles. The maximum atomic E-state index is 13.4. The van der Waals surface area contributed by atoms with Crippen molar-refractivity contribution in [3.05, 3.63) is 34.9 Å². The van der Waals surface area contributed by atoms with Gasteiger partial charge in [0.15, 0.2) is 0 Å². The largest absolute Gasteiger partial charge is 0.207 e. The lowest BCUT2D eigenvalue weighted by molar-refractivity contribution is 0.542. The van der Waals surface area contributed by atoms with Gasteiger partial charge in [-0.15, -0.1) is 11.6 Å². The zero-order chi connectivity index (χ0) is 10.7. The summed E-state index contributed by atoms with van der Waals surface area (Å²) >= 11 is 5.89. The van der Waals surface area contributed by atoms with Crippen LogP contribution in [0.25, 0.3) is 0 Å². The smallest absolute Gasteiger partial charge is 0.131 e. The third kappa shape index (κ3) is 2.44. The first-order chi connectivity index (χ1) is 6.56. The molecule has 0 aromatic heterocycles. The van der Waals surface area contributed by atoms with E-state index < -0.39 is 17.0 Å². The number of halogens is 3. The minimum atomic E-state index is -0.569. The van der Waals surface area contributed by atoms with Crippen molar-refractivity contribution in [2.24, 2.45) is 0 Å². The number of rotatable bonds is 3. The number of benzene rings is 1. The van der Waals surface area contributed by atoms with Crippen LogP contribution in [-0.4, -0.2) is 0 Å². The highest BCUT2D eigenvalue weighted by Gasteiger charge is 2.17. The zero-order valence-corrected chi connectivity index (χ0v) is 9.04. The van der Waals surface area contributed by atoms with Crippen LogP contribution in [0.1, 0.15) is 36.3 Å². The molecule has 1 rings (SSSR count). The molecule has 1 atom stereocenters. The minimum absolute atomic E-state index is 0.000818. The highest BCUT2D eigenvalue weighted by Crippen LogP contribution is 2.30. The van der Waals surface area contributed by atoms with Gasteiger partial charge in [0.25, 0.3) is 0 Å². The molecule has 0 nitrogen and oxygen atoms in total. The normalized spacial score (nSPS) is 12.9. The Bertz CT molecular complexity index is 300. The monoisotopic (exact) mass is 218 g/mol. The van der Waals surface area contributed by atoms with Crippen LogP contribution in [-0.2, 0) is 0 Å². The number of hydrogen-bond donors (Lipinski definition) is 0. The number of aryl methyl sites for hydroxylation is 1. The molecule has 0 fully saturated rings. The van der Waals surface area contributed by atoms with E-state index in [-0.39, 0.29) is 5.56 Å². The molecule has 0 amide bonds. The van der Waals surface area contributed by atoms with E-state index in [9.17, 15) is 8.78 Å². The second-order valence-electron chi connectivity index (χ2n) is 3.40. The molecule has 0 spiro atoms. The van der Waals surface area contributed by atoms with Crippen LogP contribution >= 0.6 is 11.6 Å². The van der Waals surface area contributed by atoms with Crippen LogP contribution in [0, 0.1) is 18.6 Å². The van der Waals surface area contributed by atoms with Gasteiger partial charge in [-0.05, 0) is 31.0 Å². The molecule has 0 saturated carbocycles. The van der Waals surface area contributed by atoms with Gasteiger partial charge in [0.1, 0.15) is 11.6 Å². The van der Waals surface area contributed by atoms with Crippen molar-refractivity contribution in [1.82, 2.24) is 0 Å². The molecule has 0 radical (unpaired) electrons. The van der Waals surface area contributed by atoms with Gasteiger partial charge < -0.3 is 0 Å². The Morgan fingerprint density at radius 2 is 1.79 bits per heavy atom. The van der Waals surface area contributed by atoms with Gasteiger partial charge in [-0.25, -0.2) is 8.78 Å². The quantitative estimate of drug-likeness (QED) is 0.662. The Labute approximate surface area is 87.9 Å². The summed E-state index contributed by atoms with van der Waals surface area (Å²) < 4.78 is 26.7. The van der Waals surface area contributed by atoms with Crippen molar-refractivity contribution >= 4 is 11.6 Å². The highest BCUT2D eigenvalue weighted by atomic mass is 35.5. The van der Waals surface area contributed by atoms with E-state index in [0.717, 1.165) is 6.42 Å². The maximum Gasteiger partial charge on any atom is 0.131 e. The lowest BCUT2D eigenvalue weighted by atomic mass is 10.0. The van der Waals surface area contributed by atoms with Gasteiger partial charge in [0.05, 0.1) is 5.38 Å². The summed E-state index contributed by atoms with van der Waals surface area (Å²) in [6.45, 7) is 3.58. The van der Waals surface area contributed by atoms with Crippen molar-refractivity contribution < 1.29 is 8.78 Å². The molecule has 1 aromatic carbocycles. The summed E-state index contributed by atoms with van der Waals surface area (Å²) in [7, 11) is 0. The standard InChI is InChI=1S/C11H13ClF2/c1-3-4-8(12)11-9(13)5-7(2)6-10(11)14/h5-6,8H,3-4H2,1-2H3. The van der Waals surface area contributed by atoms with E-state index in [1.807, 2.05) is 6.92 Å². The van der Waals surface area contributed by atoms with Gasteiger partial charge in [-0.1, -0.05) is 13.3 Å².